The third-order valence-electron chi connectivity index (χ3n) is 6.46. The van der Waals surface area contributed by atoms with Crippen molar-refractivity contribution in [2.45, 2.75) is 19.3 Å². The van der Waals surface area contributed by atoms with Crippen molar-refractivity contribution < 1.29 is 8.78 Å². The zero-order valence-corrected chi connectivity index (χ0v) is 18.6. The molecule has 0 amide bonds. The van der Waals surface area contributed by atoms with Crippen molar-refractivity contribution in [1.29, 1.82) is 0 Å². The van der Waals surface area contributed by atoms with Crippen LogP contribution in [-0.2, 0) is 27.6 Å². The minimum absolute atomic E-state index is 0.0379. The van der Waals surface area contributed by atoms with Gasteiger partial charge >= 0.3 is 5.69 Å². The van der Waals surface area contributed by atoms with Crippen LogP contribution in [0.1, 0.15) is 29.5 Å². The summed E-state index contributed by atoms with van der Waals surface area (Å²) in [7, 11) is 5.18. The number of anilines is 2. The van der Waals surface area contributed by atoms with E-state index in [0.29, 0.717) is 23.2 Å². The molecule has 6 nitrogen and oxygen atoms in total. The lowest BCUT2D eigenvalue weighted by Gasteiger charge is -2.33. The second-order valence-corrected chi connectivity index (χ2v) is 8.43. The summed E-state index contributed by atoms with van der Waals surface area (Å²) in [6, 6.07) is 7.14. The highest BCUT2D eigenvalue weighted by Gasteiger charge is 2.26. The number of fused-ring (bicyclic) bond motifs is 2. The van der Waals surface area contributed by atoms with Gasteiger partial charge in [0.1, 0.15) is 0 Å². The average molecular weight is 447 g/mol. The molecule has 0 unspecified atom stereocenters. The predicted octanol–water partition coefficient (Wildman–Crippen LogP) is 4.28. The van der Waals surface area contributed by atoms with Gasteiger partial charge < -0.3 is 4.90 Å². The standard InChI is InChI=1S/C25H23F2N5O/c1-5-15-10-22-23(31(4)25(33)30(22)3)12-21(15)32-8-6-7-16-9-18(17-13-28-29(2)14-17)19(24(26)27)11-20(16)32/h1,9-14,24H,6-8H2,2-4H3. The molecule has 2 aromatic heterocycles. The molecule has 0 N–H and O–H groups in total. The van der Waals surface area contributed by atoms with Crippen LogP contribution in [0.4, 0.5) is 20.2 Å². The van der Waals surface area contributed by atoms with Crippen molar-refractivity contribution in [3.8, 4) is 23.5 Å². The minimum Gasteiger partial charge on any atom is -0.340 e. The smallest absolute Gasteiger partial charge is 0.328 e. The molecule has 0 atom stereocenters. The summed E-state index contributed by atoms with van der Waals surface area (Å²) in [6.07, 6.45) is 8.18. The summed E-state index contributed by atoms with van der Waals surface area (Å²) >= 11 is 0. The van der Waals surface area contributed by atoms with Crippen molar-refractivity contribution in [2.24, 2.45) is 21.1 Å². The molecule has 0 saturated heterocycles. The Morgan fingerprint density at radius 3 is 2.42 bits per heavy atom. The first-order valence-corrected chi connectivity index (χ1v) is 10.7. The van der Waals surface area contributed by atoms with E-state index in [1.165, 1.54) is 0 Å². The second-order valence-electron chi connectivity index (χ2n) is 8.43. The summed E-state index contributed by atoms with van der Waals surface area (Å²) in [5.41, 5.74) is 5.51. The first kappa shape index (κ1) is 21.0. The Bertz CT molecular complexity index is 1500. The molecule has 4 aromatic rings. The van der Waals surface area contributed by atoms with E-state index in [-0.39, 0.29) is 11.3 Å². The van der Waals surface area contributed by atoms with Crippen LogP contribution in [0.5, 0.6) is 0 Å². The van der Waals surface area contributed by atoms with E-state index in [4.69, 9.17) is 6.42 Å². The molecule has 0 bridgehead atoms. The molecule has 2 aromatic carbocycles. The number of hydrogen-bond donors (Lipinski definition) is 0. The normalized spacial score (nSPS) is 13.5. The quantitative estimate of drug-likeness (QED) is 0.441. The zero-order valence-electron chi connectivity index (χ0n) is 18.6. The number of alkyl halides is 2. The summed E-state index contributed by atoms with van der Waals surface area (Å²) in [4.78, 5) is 14.4. The van der Waals surface area contributed by atoms with Crippen molar-refractivity contribution >= 4 is 22.4 Å². The van der Waals surface area contributed by atoms with E-state index in [9.17, 15) is 13.6 Å². The number of imidazole rings is 1. The molecule has 33 heavy (non-hydrogen) atoms. The molecule has 3 heterocycles. The van der Waals surface area contributed by atoms with E-state index in [2.05, 4.69) is 11.0 Å². The number of rotatable bonds is 3. The molecular formula is C25H23F2N5O. The van der Waals surface area contributed by atoms with Crippen LogP contribution in [0.2, 0.25) is 0 Å². The first-order chi connectivity index (χ1) is 15.8. The van der Waals surface area contributed by atoms with Gasteiger partial charge in [0.25, 0.3) is 6.43 Å². The Morgan fingerprint density at radius 1 is 1.06 bits per heavy atom. The van der Waals surface area contributed by atoms with E-state index in [1.54, 1.807) is 53.4 Å². The summed E-state index contributed by atoms with van der Waals surface area (Å²) < 4.78 is 33.0. The number of nitrogens with zero attached hydrogens (tertiary/aromatic N) is 5. The lowest BCUT2D eigenvalue weighted by molar-refractivity contribution is 0.152. The van der Waals surface area contributed by atoms with Gasteiger partial charge in [-0.25, -0.2) is 13.6 Å². The fraction of sp³-hybridized carbons (Fsp3) is 0.280. The van der Waals surface area contributed by atoms with Crippen LogP contribution in [-0.4, -0.2) is 25.5 Å². The van der Waals surface area contributed by atoms with E-state index in [1.807, 2.05) is 23.1 Å². The number of aryl methyl sites for hydroxylation is 4. The maximum Gasteiger partial charge on any atom is 0.328 e. The van der Waals surface area contributed by atoms with Gasteiger partial charge in [-0.3, -0.25) is 13.8 Å². The molecule has 0 radical (unpaired) electrons. The molecule has 0 fully saturated rings. The highest BCUT2D eigenvalue weighted by atomic mass is 19.3. The van der Waals surface area contributed by atoms with Gasteiger partial charge in [-0.1, -0.05) is 5.92 Å². The maximum absolute atomic E-state index is 14.2. The molecule has 0 aliphatic carbocycles. The van der Waals surface area contributed by atoms with Crippen LogP contribution >= 0.6 is 0 Å². The maximum atomic E-state index is 14.2. The number of halogens is 2. The van der Waals surface area contributed by atoms with E-state index < -0.39 is 6.43 Å². The van der Waals surface area contributed by atoms with Gasteiger partial charge in [0.05, 0.1) is 28.5 Å². The van der Waals surface area contributed by atoms with Gasteiger partial charge in [-0.05, 0) is 48.2 Å². The molecule has 1 aliphatic heterocycles. The molecule has 168 valence electrons. The van der Waals surface area contributed by atoms with Gasteiger partial charge in [-0.2, -0.15) is 5.10 Å². The number of terminal acetylenes is 1. The third-order valence-corrected chi connectivity index (χ3v) is 6.46. The van der Waals surface area contributed by atoms with Crippen LogP contribution in [0.15, 0.2) is 41.5 Å². The molecule has 8 heteroatoms. The Kier molecular flexibility index (Phi) is 4.85. The number of hydrogen-bond acceptors (Lipinski definition) is 3. The van der Waals surface area contributed by atoms with Crippen LogP contribution in [0, 0.1) is 12.3 Å². The number of benzene rings is 2. The highest BCUT2D eigenvalue weighted by molar-refractivity contribution is 5.87. The van der Waals surface area contributed by atoms with Gasteiger partial charge in [0.2, 0.25) is 0 Å². The Hall–Kier alpha value is -3.86. The van der Waals surface area contributed by atoms with Crippen molar-refractivity contribution in [1.82, 2.24) is 18.9 Å². The summed E-state index contributed by atoms with van der Waals surface area (Å²) in [6.45, 7) is 0.642. The minimum atomic E-state index is -2.64. The van der Waals surface area contributed by atoms with Crippen molar-refractivity contribution in [3.05, 3.63) is 63.8 Å². The highest BCUT2D eigenvalue weighted by Crippen LogP contribution is 2.42. The van der Waals surface area contributed by atoms with Crippen molar-refractivity contribution in [2.75, 3.05) is 11.4 Å². The van der Waals surface area contributed by atoms with E-state index >= 15 is 0 Å². The van der Waals surface area contributed by atoms with Gasteiger partial charge in [-0.15, -0.1) is 6.42 Å². The van der Waals surface area contributed by atoms with Crippen LogP contribution in [0.25, 0.3) is 22.2 Å². The Labute approximate surface area is 189 Å². The lowest BCUT2D eigenvalue weighted by Crippen LogP contribution is -2.25. The third kappa shape index (κ3) is 3.23. The molecular weight excluding hydrogens is 424 g/mol. The lowest BCUT2D eigenvalue weighted by atomic mass is 9.92. The monoisotopic (exact) mass is 447 g/mol. The van der Waals surface area contributed by atoms with E-state index in [0.717, 1.165) is 40.8 Å². The average Bonchev–Trinajstić information content (AvgIpc) is 3.34. The summed E-state index contributed by atoms with van der Waals surface area (Å²) in [5, 5.41) is 4.15. The fourth-order valence-corrected chi connectivity index (χ4v) is 4.76. The van der Waals surface area contributed by atoms with Gasteiger partial charge in [0.15, 0.2) is 0 Å². The summed E-state index contributed by atoms with van der Waals surface area (Å²) in [5.74, 6) is 2.72. The fourth-order valence-electron chi connectivity index (χ4n) is 4.76. The predicted molar refractivity (Wildman–Crippen MR) is 125 cm³/mol. The molecule has 1 aliphatic rings. The van der Waals surface area contributed by atoms with Crippen LogP contribution in [0.3, 0.4) is 0 Å². The zero-order chi connectivity index (χ0) is 23.4. The van der Waals surface area contributed by atoms with Gasteiger partial charge in [0, 0.05) is 50.7 Å². The molecule has 0 spiro atoms. The largest absolute Gasteiger partial charge is 0.340 e. The second kappa shape index (κ2) is 7.62. The molecule has 0 saturated carbocycles. The Morgan fingerprint density at radius 2 is 1.79 bits per heavy atom. The van der Waals surface area contributed by atoms with Crippen molar-refractivity contribution in [3.63, 3.8) is 0 Å². The molecule has 5 rings (SSSR count). The SMILES string of the molecule is C#Cc1cc2c(cc1N1CCCc3cc(-c4cnn(C)c4)c(C(F)F)cc31)n(C)c(=O)n2C. The topological polar surface area (TPSA) is 48.0 Å². The van der Waals surface area contributed by atoms with Crippen LogP contribution < -0.4 is 10.6 Å². The number of aromatic nitrogens is 4. The first-order valence-electron chi connectivity index (χ1n) is 10.7. The Balaban J connectivity index is 1.73.